The summed E-state index contributed by atoms with van der Waals surface area (Å²) in [7, 11) is 0. The van der Waals surface area contributed by atoms with Gasteiger partial charge in [-0.25, -0.2) is 4.79 Å². The number of rotatable bonds is 7. The zero-order chi connectivity index (χ0) is 22.7. The van der Waals surface area contributed by atoms with Gasteiger partial charge in [-0.1, -0.05) is 30.0 Å². The van der Waals surface area contributed by atoms with Gasteiger partial charge in [-0.05, 0) is 64.2 Å². The van der Waals surface area contributed by atoms with E-state index < -0.39 is 5.25 Å². The van der Waals surface area contributed by atoms with Crippen LogP contribution < -0.4 is 5.32 Å². The number of hydrogen-bond donors (Lipinski definition) is 1. The van der Waals surface area contributed by atoms with Crippen LogP contribution in [0.25, 0.3) is 5.69 Å². The predicted octanol–water partition coefficient (Wildman–Crippen LogP) is 4.81. The Bertz CT molecular complexity index is 1120. The Labute approximate surface area is 195 Å². The molecule has 0 saturated carbocycles. The Morgan fingerprint density at radius 1 is 1.22 bits per heavy atom. The van der Waals surface area contributed by atoms with Crippen LogP contribution in [0.1, 0.15) is 53.3 Å². The highest BCUT2D eigenvalue weighted by molar-refractivity contribution is 8.00. The molecule has 0 radical (unpaired) electrons. The number of esters is 1. The average Bonchev–Trinajstić information content (AvgIpc) is 3.34. The van der Waals surface area contributed by atoms with Gasteiger partial charge in [0.15, 0.2) is 5.16 Å². The third-order valence-electron chi connectivity index (χ3n) is 5.35. The van der Waals surface area contributed by atoms with Gasteiger partial charge in [0, 0.05) is 10.6 Å². The van der Waals surface area contributed by atoms with Crippen molar-refractivity contribution in [1.82, 2.24) is 14.8 Å². The first kappa shape index (κ1) is 22.5. The Morgan fingerprint density at radius 3 is 2.72 bits per heavy atom. The van der Waals surface area contributed by atoms with Gasteiger partial charge in [0.1, 0.15) is 10.8 Å². The van der Waals surface area contributed by atoms with Crippen LogP contribution in [0.2, 0.25) is 0 Å². The number of fused-ring (bicyclic) bond motifs is 1. The highest BCUT2D eigenvalue weighted by atomic mass is 32.2. The van der Waals surface area contributed by atoms with Gasteiger partial charge in [0.05, 0.1) is 17.4 Å². The fourth-order valence-electron chi connectivity index (χ4n) is 3.79. The molecule has 32 heavy (non-hydrogen) atoms. The van der Waals surface area contributed by atoms with Crippen LogP contribution in [-0.2, 0) is 22.4 Å². The number of thioether (sulfide) groups is 1. The van der Waals surface area contributed by atoms with Crippen molar-refractivity contribution in [1.29, 1.82) is 0 Å². The van der Waals surface area contributed by atoms with Gasteiger partial charge in [-0.2, -0.15) is 0 Å². The normalized spacial score (nSPS) is 14.0. The van der Waals surface area contributed by atoms with Crippen molar-refractivity contribution in [2.24, 2.45) is 0 Å². The van der Waals surface area contributed by atoms with E-state index in [1.54, 1.807) is 6.92 Å². The number of aromatic nitrogens is 3. The smallest absolute Gasteiger partial charge is 0.341 e. The third-order valence-corrected chi connectivity index (χ3v) is 7.60. The molecule has 2 aromatic heterocycles. The van der Waals surface area contributed by atoms with Crippen LogP contribution in [0.5, 0.6) is 0 Å². The van der Waals surface area contributed by atoms with Gasteiger partial charge in [0.2, 0.25) is 5.91 Å². The van der Waals surface area contributed by atoms with Crippen molar-refractivity contribution in [2.45, 2.75) is 56.9 Å². The summed E-state index contributed by atoms with van der Waals surface area (Å²) >= 11 is 2.84. The maximum Gasteiger partial charge on any atom is 0.341 e. The molecule has 3 aromatic rings. The standard InChI is InChI=1S/C23H26N4O3S2/c1-4-30-22(29)19-17-12-8-9-13-18(17)32-21(19)24-20(28)14(2)31-23-26-25-15(3)27(23)16-10-6-5-7-11-16/h5-7,10-11,14H,4,8-9,12-13H2,1-3H3,(H,24,28). The van der Waals surface area contributed by atoms with E-state index in [1.807, 2.05) is 48.7 Å². The van der Waals surface area contributed by atoms with Crippen LogP contribution in [0, 0.1) is 6.92 Å². The number of amides is 1. The monoisotopic (exact) mass is 470 g/mol. The fourth-order valence-corrected chi connectivity index (χ4v) is 5.99. The minimum Gasteiger partial charge on any atom is -0.462 e. The van der Waals surface area contributed by atoms with Gasteiger partial charge >= 0.3 is 5.97 Å². The molecule has 2 heterocycles. The van der Waals surface area contributed by atoms with E-state index in [0.29, 0.717) is 22.3 Å². The maximum atomic E-state index is 13.1. The zero-order valence-corrected chi connectivity index (χ0v) is 20.0. The van der Waals surface area contributed by atoms with E-state index in [2.05, 4.69) is 15.5 Å². The summed E-state index contributed by atoms with van der Waals surface area (Å²) in [4.78, 5) is 26.9. The van der Waals surface area contributed by atoms with E-state index in [-0.39, 0.29) is 11.9 Å². The number of nitrogens with one attached hydrogen (secondary N) is 1. The van der Waals surface area contributed by atoms with Crippen LogP contribution in [-0.4, -0.2) is 38.5 Å². The Hall–Kier alpha value is -2.65. The van der Waals surface area contributed by atoms with Gasteiger partial charge in [-0.15, -0.1) is 21.5 Å². The molecule has 1 aromatic carbocycles. The second-order valence-corrected chi connectivity index (χ2v) is 10.00. The summed E-state index contributed by atoms with van der Waals surface area (Å²) in [5, 5.41) is 12.3. The summed E-state index contributed by atoms with van der Waals surface area (Å²) in [5.74, 6) is 0.211. The molecular weight excluding hydrogens is 444 g/mol. The summed E-state index contributed by atoms with van der Waals surface area (Å²) < 4.78 is 7.22. The number of para-hydroxylation sites is 1. The molecule has 1 unspecified atom stereocenters. The molecule has 0 aliphatic heterocycles. The number of hydrogen-bond acceptors (Lipinski definition) is 7. The molecule has 168 valence electrons. The molecule has 1 aliphatic rings. The molecule has 4 rings (SSSR count). The number of carbonyl (C=O) groups is 2. The van der Waals surface area contributed by atoms with Gasteiger partial charge < -0.3 is 10.1 Å². The lowest BCUT2D eigenvalue weighted by Crippen LogP contribution is -2.24. The molecule has 1 aliphatic carbocycles. The van der Waals surface area contributed by atoms with E-state index >= 15 is 0 Å². The molecule has 1 atom stereocenters. The molecule has 1 amide bonds. The quantitative estimate of drug-likeness (QED) is 0.394. The van der Waals surface area contributed by atoms with Gasteiger partial charge in [0.25, 0.3) is 0 Å². The van der Waals surface area contributed by atoms with Crippen molar-refractivity contribution in [3.05, 3.63) is 52.2 Å². The Kier molecular flexibility index (Phi) is 6.95. The van der Waals surface area contributed by atoms with Crippen LogP contribution in [0.15, 0.2) is 35.5 Å². The Balaban J connectivity index is 1.55. The number of thiophene rings is 1. The lowest BCUT2D eigenvalue weighted by molar-refractivity contribution is -0.115. The molecule has 7 nitrogen and oxygen atoms in total. The lowest BCUT2D eigenvalue weighted by atomic mass is 9.95. The number of nitrogens with zero attached hydrogens (tertiary/aromatic N) is 3. The van der Waals surface area contributed by atoms with Crippen molar-refractivity contribution < 1.29 is 14.3 Å². The first-order valence-corrected chi connectivity index (χ1v) is 12.5. The number of anilines is 1. The van der Waals surface area contributed by atoms with Crippen LogP contribution in [0.4, 0.5) is 5.00 Å². The highest BCUT2D eigenvalue weighted by Crippen LogP contribution is 2.39. The van der Waals surface area contributed by atoms with E-state index in [4.69, 9.17) is 4.74 Å². The third kappa shape index (κ3) is 4.59. The van der Waals surface area contributed by atoms with Crippen LogP contribution >= 0.6 is 23.1 Å². The second-order valence-electron chi connectivity index (χ2n) is 7.59. The lowest BCUT2D eigenvalue weighted by Gasteiger charge is -2.14. The molecule has 0 spiro atoms. The summed E-state index contributed by atoms with van der Waals surface area (Å²) in [6.07, 6.45) is 3.93. The minimum atomic E-state index is -0.435. The molecule has 9 heteroatoms. The largest absolute Gasteiger partial charge is 0.462 e. The highest BCUT2D eigenvalue weighted by Gasteiger charge is 2.29. The SMILES string of the molecule is CCOC(=O)c1c(NC(=O)C(C)Sc2nnc(C)n2-c2ccccc2)sc2c1CCCC2. The number of benzene rings is 1. The molecular formula is C23H26N4O3S2. The van der Waals surface area contributed by atoms with Crippen molar-refractivity contribution in [2.75, 3.05) is 11.9 Å². The minimum absolute atomic E-state index is 0.181. The second kappa shape index (κ2) is 9.87. The van der Waals surface area contributed by atoms with Gasteiger partial charge in [-0.3, -0.25) is 9.36 Å². The molecule has 1 N–H and O–H groups in total. The fraction of sp³-hybridized carbons (Fsp3) is 0.391. The maximum absolute atomic E-state index is 13.1. The molecule has 0 fully saturated rings. The number of carbonyl (C=O) groups excluding carboxylic acids is 2. The van der Waals surface area contributed by atoms with Crippen molar-refractivity contribution in [3.8, 4) is 5.69 Å². The van der Waals surface area contributed by atoms with Crippen LogP contribution in [0.3, 0.4) is 0 Å². The Morgan fingerprint density at radius 2 is 1.97 bits per heavy atom. The predicted molar refractivity (Wildman–Crippen MR) is 127 cm³/mol. The van der Waals surface area contributed by atoms with E-state index in [0.717, 1.165) is 42.8 Å². The number of ether oxygens (including phenoxy) is 1. The summed E-state index contributed by atoms with van der Waals surface area (Å²) in [6, 6.07) is 9.82. The van der Waals surface area contributed by atoms with Crippen molar-refractivity contribution in [3.63, 3.8) is 0 Å². The molecule has 0 saturated heterocycles. The summed E-state index contributed by atoms with van der Waals surface area (Å²) in [5.41, 5.74) is 2.51. The topological polar surface area (TPSA) is 86.1 Å². The van der Waals surface area contributed by atoms with E-state index in [1.165, 1.54) is 28.0 Å². The first-order chi connectivity index (χ1) is 15.5. The zero-order valence-electron chi connectivity index (χ0n) is 18.4. The average molecular weight is 471 g/mol. The van der Waals surface area contributed by atoms with E-state index in [9.17, 15) is 9.59 Å². The van der Waals surface area contributed by atoms with Crippen molar-refractivity contribution >= 4 is 40.0 Å². The number of aryl methyl sites for hydroxylation is 2. The first-order valence-electron chi connectivity index (χ1n) is 10.8. The summed E-state index contributed by atoms with van der Waals surface area (Å²) in [6.45, 7) is 5.81. The molecule has 0 bridgehead atoms.